The van der Waals surface area contributed by atoms with Gasteiger partial charge in [-0.15, -0.1) is 11.3 Å². The predicted octanol–water partition coefficient (Wildman–Crippen LogP) is 5.67. The molecule has 3 rings (SSSR count). The van der Waals surface area contributed by atoms with Crippen LogP contribution in [0.1, 0.15) is 20.8 Å². The van der Waals surface area contributed by atoms with Gasteiger partial charge in [-0.2, -0.15) is 0 Å². The first-order chi connectivity index (χ1) is 10.5. The van der Waals surface area contributed by atoms with Crippen LogP contribution in [0.3, 0.4) is 0 Å². The Balaban J connectivity index is 1.99. The zero-order chi connectivity index (χ0) is 15.9. The van der Waals surface area contributed by atoms with E-state index < -0.39 is 0 Å². The molecule has 0 unspecified atom stereocenters. The Bertz CT molecular complexity index is 888. The number of aryl methyl sites for hydroxylation is 2. The molecule has 0 spiro atoms. The standard InChI is InChI=1S/C17H13BrFNOS/c1-9-8-11(18)6-7-13(9)20-17(21)16-10(2)15-12(19)4-3-5-14(15)22-16/h3-8H,1-2H3,(H,20,21). The minimum atomic E-state index is -0.287. The van der Waals surface area contributed by atoms with E-state index >= 15 is 0 Å². The number of rotatable bonds is 2. The number of amides is 1. The van der Waals surface area contributed by atoms with E-state index in [4.69, 9.17) is 0 Å². The van der Waals surface area contributed by atoms with Gasteiger partial charge in [0, 0.05) is 20.2 Å². The van der Waals surface area contributed by atoms with Crippen LogP contribution in [0.15, 0.2) is 40.9 Å². The lowest BCUT2D eigenvalue weighted by Crippen LogP contribution is -2.12. The van der Waals surface area contributed by atoms with Crippen LogP contribution in [-0.2, 0) is 0 Å². The van der Waals surface area contributed by atoms with Crippen molar-refractivity contribution in [2.24, 2.45) is 0 Å². The van der Waals surface area contributed by atoms with Gasteiger partial charge in [-0.25, -0.2) is 4.39 Å². The monoisotopic (exact) mass is 377 g/mol. The maximum absolute atomic E-state index is 13.9. The third kappa shape index (κ3) is 2.66. The molecule has 2 nitrogen and oxygen atoms in total. The lowest BCUT2D eigenvalue weighted by Gasteiger charge is -2.08. The molecule has 0 radical (unpaired) electrons. The van der Waals surface area contributed by atoms with Crippen LogP contribution in [0.25, 0.3) is 10.1 Å². The van der Waals surface area contributed by atoms with Gasteiger partial charge in [0.05, 0.1) is 4.88 Å². The summed E-state index contributed by atoms with van der Waals surface area (Å²) in [7, 11) is 0. The van der Waals surface area contributed by atoms with E-state index in [2.05, 4.69) is 21.2 Å². The number of hydrogen-bond acceptors (Lipinski definition) is 2. The summed E-state index contributed by atoms with van der Waals surface area (Å²) in [6.07, 6.45) is 0. The molecule has 0 aliphatic rings. The topological polar surface area (TPSA) is 29.1 Å². The third-order valence-electron chi connectivity index (χ3n) is 3.55. The number of carbonyl (C=O) groups is 1. The number of fused-ring (bicyclic) bond motifs is 1. The number of benzene rings is 2. The summed E-state index contributed by atoms with van der Waals surface area (Å²) in [6.45, 7) is 3.71. The molecule has 0 saturated heterocycles. The Morgan fingerprint density at radius 2 is 2.00 bits per heavy atom. The van der Waals surface area contributed by atoms with Crippen molar-refractivity contribution in [2.45, 2.75) is 13.8 Å². The highest BCUT2D eigenvalue weighted by Gasteiger charge is 2.18. The second-order valence-electron chi connectivity index (χ2n) is 5.08. The molecule has 0 atom stereocenters. The molecule has 3 aromatic rings. The third-order valence-corrected chi connectivity index (χ3v) is 5.29. The lowest BCUT2D eigenvalue weighted by atomic mass is 10.1. The van der Waals surface area contributed by atoms with Crippen molar-refractivity contribution >= 4 is 48.9 Å². The van der Waals surface area contributed by atoms with Gasteiger partial charge in [0.15, 0.2) is 0 Å². The van der Waals surface area contributed by atoms with Gasteiger partial charge in [-0.3, -0.25) is 4.79 Å². The molecule has 1 aromatic heterocycles. The first-order valence-electron chi connectivity index (χ1n) is 6.72. The van der Waals surface area contributed by atoms with Crippen molar-refractivity contribution in [3.63, 3.8) is 0 Å². The smallest absolute Gasteiger partial charge is 0.266 e. The van der Waals surface area contributed by atoms with E-state index in [9.17, 15) is 9.18 Å². The van der Waals surface area contributed by atoms with Crippen LogP contribution in [0.5, 0.6) is 0 Å². The first kappa shape index (κ1) is 15.2. The lowest BCUT2D eigenvalue weighted by molar-refractivity contribution is 0.103. The first-order valence-corrected chi connectivity index (χ1v) is 8.33. The zero-order valence-electron chi connectivity index (χ0n) is 12.0. The summed E-state index contributed by atoms with van der Waals surface area (Å²) >= 11 is 4.71. The molecule has 1 heterocycles. The molecule has 22 heavy (non-hydrogen) atoms. The molecule has 0 aliphatic heterocycles. The average Bonchev–Trinajstić information content (AvgIpc) is 2.80. The number of halogens is 2. The summed E-state index contributed by atoms with van der Waals surface area (Å²) in [5, 5.41) is 3.44. The molecule has 5 heteroatoms. The van der Waals surface area contributed by atoms with Crippen molar-refractivity contribution in [1.29, 1.82) is 0 Å². The van der Waals surface area contributed by atoms with Crippen LogP contribution < -0.4 is 5.32 Å². The maximum Gasteiger partial charge on any atom is 0.266 e. The summed E-state index contributed by atoms with van der Waals surface area (Å²) in [6, 6.07) is 10.6. The van der Waals surface area contributed by atoms with Crippen molar-refractivity contribution < 1.29 is 9.18 Å². The summed E-state index contributed by atoms with van der Waals surface area (Å²) in [5.41, 5.74) is 2.41. The van der Waals surface area contributed by atoms with Crippen LogP contribution in [0.4, 0.5) is 10.1 Å². The van der Waals surface area contributed by atoms with Crippen molar-refractivity contribution in [2.75, 3.05) is 5.32 Å². The van der Waals surface area contributed by atoms with Gasteiger partial charge < -0.3 is 5.32 Å². The summed E-state index contributed by atoms with van der Waals surface area (Å²) in [5.74, 6) is -0.492. The normalized spacial score (nSPS) is 10.9. The Morgan fingerprint density at radius 1 is 1.23 bits per heavy atom. The Kier molecular flexibility index (Phi) is 4.02. The van der Waals surface area contributed by atoms with Crippen LogP contribution >= 0.6 is 27.3 Å². The van der Waals surface area contributed by atoms with Gasteiger partial charge in [0.25, 0.3) is 5.91 Å². The molecular weight excluding hydrogens is 365 g/mol. The largest absolute Gasteiger partial charge is 0.321 e. The molecule has 1 N–H and O–H groups in total. The highest BCUT2D eigenvalue weighted by molar-refractivity contribution is 9.10. The molecule has 0 saturated carbocycles. The number of carbonyl (C=O) groups excluding carboxylic acids is 1. The van der Waals surface area contributed by atoms with Gasteiger partial charge in [0.2, 0.25) is 0 Å². The highest BCUT2D eigenvalue weighted by atomic mass is 79.9. The SMILES string of the molecule is Cc1cc(Br)ccc1NC(=O)c1sc2cccc(F)c2c1C. The number of nitrogens with one attached hydrogen (secondary N) is 1. The molecule has 1 amide bonds. The van der Waals surface area contributed by atoms with E-state index in [1.54, 1.807) is 13.0 Å². The van der Waals surface area contributed by atoms with E-state index in [1.165, 1.54) is 17.4 Å². The van der Waals surface area contributed by atoms with Crippen molar-refractivity contribution in [3.05, 3.63) is 62.7 Å². The minimum Gasteiger partial charge on any atom is -0.321 e. The fraction of sp³-hybridized carbons (Fsp3) is 0.118. The van der Waals surface area contributed by atoms with Gasteiger partial charge in [-0.05, 0) is 55.3 Å². The van der Waals surface area contributed by atoms with Crippen molar-refractivity contribution in [3.8, 4) is 0 Å². The van der Waals surface area contributed by atoms with E-state index in [-0.39, 0.29) is 11.7 Å². The summed E-state index contributed by atoms with van der Waals surface area (Å²) in [4.78, 5) is 13.1. The predicted molar refractivity (Wildman–Crippen MR) is 93.4 cm³/mol. The molecule has 0 bridgehead atoms. The quantitative estimate of drug-likeness (QED) is 0.612. The van der Waals surface area contributed by atoms with Gasteiger partial charge in [-0.1, -0.05) is 22.0 Å². The molecule has 0 aliphatic carbocycles. The fourth-order valence-electron chi connectivity index (χ4n) is 2.42. The molecule has 2 aromatic carbocycles. The molecule has 0 fully saturated rings. The Morgan fingerprint density at radius 3 is 2.68 bits per heavy atom. The van der Waals surface area contributed by atoms with Crippen LogP contribution in [0.2, 0.25) is 0 Å². The summed E-state index contributed by atoms with van der Waals surface area (Å²) < 4.78 is 15.7. The highest BCUT2D eigenvalue weighted by Crippen LogP contribution is 2.33. The van der Waals surface area contributed by atoms with Crippen LogP contribution in [0, 0.1) is 19.7 Å². The Labute approximate surface area is 140 Å². The van der Waals surface area contributed by atoms with Gasteiger partial charge >= 0.3 is 0 Å². The second kappa shape index (κ2) is 5.82. The Hall–Kier alpha value is -1.72. The zero-order valence-corrected chi connectivity index (χ0v) is 14.4. The maximum atomic E-state index is 13.9. The van der Waals surface area contributed by atoms with E-state index in [0.29, 0.717) is 15.8 Å². The van der Waals surface area contributed by atoms with E-state index in [0.717, 1.165) is 20.4 Å². The molecular formula is C17H13BrFNOS. The van der Waals surface area contributed by atoms with Gasteiger partial charge in [0.1, 0.15) is 5.82 Å². The van der Waals surface area contributed by atoms with Crippen molar-refractivity contribution in [1.82, 2.24) is 0 Å². The minimum absolute atomic E-state index is 0.205. The molecule has 112 valence electrons. The number of thiophene rings is 1. The second-order valence-corrected chi connectivity index (χ2v) is 7.05. The number of anilines is 1. The average molecular weight is 378 g/mol. The van der Waals surface area contributed by atoms with Crippen LogP contribution in [-0.4, -0.2) is 5.91 Å². The van der Waals surface area contributed by atoms with E-state index in [1.807, 2.05) is 31.2 Å². The fourth-order valence-corrected chi connectivity index (χ4v) is 4.01. The number of hydrogen-bond donors (Lipinski definition) is 1.